The number of aryl methyl sites for hydroxylation is 2. The topological polar surface area (TPSA) is 27.1 Å². The Labute approximate surface area is 98.9 Å². The Bertz CT molecular complexity index is 389. The van der Waals surface area contributed by atoms with Crippen LogP contribution in [0.4, 0.5) is 5.69 Å². The summed E-state index contributed by atoms with van der Waals surface area (Å²) < 4.78 is 1.18. The SMILES string of the molecule is Cc1cc(N2CCCC2=N)cc(C)c1Br. The Balaban J connectivity index is 2.41. The second kappa shape index (κ2) is 3.97. The van der Waals surface area contributed by atoms with Crippen molar-refractivity contribution < 1.29 is 0 Å². The summed E-state index contributed by atoms with van der Waals surface area (Å²) in [5.74, 6) is 0.746. The van der Waals surface area contributed by atoms with E-state index in [1.54, 1.807) is 0 Å². The molecule has 1 N–H and O–H groups in total. The summed E-state index contributed by atoms with van der Waals surface area (Å²) in [5.41, 5.74) is 3.64. The molecule has 0 unspecified atom stereocenters. The Morgan fingerprint density at radius 2 is 1.87 bits per heavy atom. The molecule has 0 spiro atoms. The molecule has 2 nitrogen and oxygen atoms in total. The first-order valence-electron chi connectivity index (χ1n) is 5.21. The van der Waals surface area contributed by atoms with Gasteiger partial charge in [-0.2, -0.15) is 0 Å². The highest BCUT2D eigenvalue weighted by molar-refractivity contribution is 9.10. The Morgan fingerprint density at radius 3 is 2.33 bits per heavy atom. The summed E-state index contributed by atoms with van der Waals surface area (Å²) in [6, 6.07) is 4.30. The summed E-state index contributed by atoms with van der Waals surface area (Å²) >= 11 is 3.56. The number of hydrogen-bond acceptors (Lipinski definition) is 1. The van der Waals surface area contributed by atoms with Gasteiger partial charge in [-0.15, -0.1) is 0 Å². The lowest BCUT2D eigenvalue weighted by Gasteiger charge is -2.19. The number of nitrogens with zero attached hydrogens (tertiary/aromatic N) is 1. The minimum atomic E-state index is 0.746. The molecular formula is C12H15BrN2. The fourth-order valence-electron chi connectivity index (χ4n) is 2.04. The molecule has 0 aliphatic carbocycles. The van der Waals surface area contributed by atoms with Crippen LogP contribution in [0.5, 0.6) is 0 Å². The van der Waals surface area contributed by atoms with Gasteiger partial charge in [0.2, 0.25) is 0 Å². The zero-order valence-electron chi connectivity index (χ0n) is 9.10. The third kappa shape index (κ3) is 1.93. The van der Waals surface area contributed by atoms with Gasteiger partial charge in [-0.25, -0.2) is 0 Å². The lowest BCUT2D eigenvalue weighted by atomic mass is 10.1. The average Bonchev–Trinajstić information content (AvgIpc) is 2.60. The van der Waals surface area contributed by atoms with E-state index in [9.17, 15) is 0 Å². The Kier molecular flexibility index (Phi) is 2.83. The Morgan fingerprint density at radius 1 is 1.27 bits per heavy atom. The molecule has 0 radical (unpaired) electrons. The molecule has 1 heterocycles. The van der Waals surface area contributed by atoms with Gasteiger partial charge in [0.15, 0.2) is 0 Å². The zero-order valence-corrected chi connectivity index (χ0v) is 10.7. The fourth-order valence-corrected chi connectivity index (χ4v) is 2.27. The van der Waals surface area contributed by atoms with Crippen molar-refractivity contribution in [2.24, 2.45) is 0 Å². The van der Waals surface area contributed by atoms with Crippen molar-refractivity contribution in [3.8, 4) is 0 Å². The van der Waals surface area contributed by atoms with Crippen LogP contribution in [0, 0.1) is 19.3 Å². The molecule has 15 heavy (non-hydrogen) atoms. The summed E-state index contributed by atoms with van der Waals surface area (Å²) in [7, 11) is 0. The van der Waals surface area contributed by atoms with E-state index < -0.39 is 0 Å². The maximum absolute atomic E-state index is 7.85. The highest BCUT2D eigenvalue weighted by atomic mass is 79.9. The van der Waals surface area contributed by atoms with Gasteiger partial charge in [-0.1, -0.05) is 15.9 Å². The molecule has 0 amide bonds. The van der Waals surface area contributed by atoms with Crippen molar-refractivity contribution in [1.29, 1.82) is 5.41 Å². The lowest BCUT2D eigenvalue weighted by molar-refractivity contribution is 0.955. The second-order valence-corrected chi connectivity index (χ2v) is 4.89. The minimum Gasteiger partial charge on any atom is -0.330 e. The van der Waals surface area contributed by atoms with Gasteiger partial charge < -0.3 is 4.90 Å². The maximum atomic E-state index is 7.85. The normalized spacial score (nSPS) is 16.2. The van der Waals surface area contributed by atoms with E-state index in [2.05, 4.69) is 46.8 Å². The van der Waals surface area contributed by atoms with Crippen molar-refractivity contribution in [2.75, 3.05) is 11.4 Å². The van der Waals surface area contributed by atoms with E-state index in [0.29, 0.717) is 0 Å². The first-order valence-corrected chi connectivity index (χ1v) is 6.00. The van der Waals surface area contributed by atoms with Crippen LogP contribution in [0.15, 0.2) is 16.6 Å². The molecule has 1 fully saturated rings. The van der Waals surface area contributed by atoms with Crippen LogP contribution in [-0.4, -0.2) is 12.4 Å². The average molecular weight is 267 g/mol. The predicted octanol–water partition coefficient (Wildman–Crippen LogP) is 3.64. The first-order chi connectivity index (χ1) is 7.09. The highest BCUT2D eigenvalue weighted by Crippen LogP contribution is 2.29. The number of hydrogen-bond donors (Lipinski definition) is 1. The summed E-state index contributed by atoms with van der Waals surface area (Å²) in [6.45, 7) is 5.18. The van der Waals surface area contributed by atoms with Crippen LogP contribution in [0.25, 0.3) is 0 Å². The van der Waals surface area contributed by atoms with Crippen molar-refractivity contribution in [1.82, 2.24) is 0 Å². The first kappa shape index (κ1) is 10.7. The molecule has 1 aliphatic rings. The van der Waals surface area contributed by atoms with Gasteiger partial charge in [0, 0.05) is 23.1 Å². The van der Waals surface area contributed by atoms with Gasteiger partial charge >= 0.3 is 0 Å². The third-order valence-corrected chi connectivity index (χ3v) is 4.10. The van der Waals surface area contributed by atoms with Crippen LogP contribution < -0.4 is 4.90 Å². The molecule has 3 heteroatoms. The number of rotatable bonds is 1. The van der Waals surface area contributed by atoms with E-state index >= 15 is 0 Å². The number of halogens is 1. The third-order valence-electron chi connectivity index (χ3n) is 2.85. The standard InChI is InChI=1S/C12H15BrN2/c1-8-6-10(7-9(2)12(8)13)15-5-3-4-11(15)14/h6-7,14H,3-5H2,1-2H3. The van der Waals surface area contributed by atoms with Crippen LogP contribution in [0.3, 0.4) is 0 Å². The number of anilines is 1. The minimum absolute atomic E-state index is 0.746. The second-order valence-electron chi connectivity index (χ2n) is 4.10. The van der Waals surface area contributed by atoms with Crippen molar-refractivity contribution >= 4 is 27.5 Å². The zero-order chi connectivity index (χ0) is 11.0. The molecule has 0 saturated carbocycles. The lowest BCUT2D eigenvalue weighted by Crippen LogP contribution is -2.23. The molecular weight excluding hydrogens is 252 g/mol. The maximum Gasteiger partial charge on any atom is 0.100 e. The highest BCUT2D eigenvalue weighted by Gasteiger charge is 2.19. The van der Waals surface area contributed by atoms with Crippen molar-refractivity contribution in [2.45, 2.75) is 26.7 Å². The summed E-state index contributed by atoms with van der Waals surface area (Å²) in [4.78, 5) is 2.10. The van der Waals surface area contributed by atoms with Crippen LogP contribution in [0.2, 0.25) is 0 Å². The van der Waals surface area contributed by atoms with Crippen molar-refractivity contribution in [3.05, 3.63) is 27.7 Å². The van der Waals surface area contributed by atoms with E-state index in [-0.39, 0.29) is 0 Å². The van der Waals surface area contributed by atoms with Gasteiger partial charge in [0.25, 0.3) is 0 Å². The molecule has 0 aromatic heterocycles. The monoisotopic (exact) mass is 266 g/mol. The molecule has 80 valence electrons. The summed E-state index contributed by atoms with van der Waals surface area (Å²) in [6.07, 6.45) is 2.02. The van der Waals surface area contributed by atoms with E-state index in [0.717, 1.165) is 30.9 Å². The smallest absolute Gasteiger partial charge is 0.100 e. The number of amidine groups is 1. The van der Waals surface area contributed by atoms with Gasteiger partial charge in [-0.05, 0) is 43.5 Å². The van der Waals surface area contributed by atoms with Crippen molar-refractivity contribution in [3.63, 3.8) is 0 Å². The van der Waals surface area contributed by atoms with Crippen LogP contribution in [-0.2, 0) is 0 Å². The van der Waals surface area contributed by atoms with Gasteiger partial charge in [0.05, 0.1) is 0 Å². The molecule has 2 rings (SSSR count). The predicted molar refractivity (Wildman–Crippen MR) is 67.9 cm³/mol. The van der Waals surface area contributed by atoms with E-state index in [1.807, 2.05) is 0 Å². The van der Waals surface area contributed by atoms with Crippen LogP contribution in [0.1, 0.15) is 24.0 Å². The Hall–Kier alpha value is -0.830. The molecule has 1 aliphatic heterocycles. The molecule has 1 aromatic carbocycles. The molecule has 1 saturated heterocycles. The number of benzene rings is 1. The summed E-state index contributed by atoms with van der Waals surface area (Å²) in [5, 5.41) is 7.85. The van der Waals surface area contributed by atoms with E-state index in [4.69, 9.17) is 5.41 Å². The van der Waals surface area contributed by atoms with E-state index in [1.165, 1.54) is 15.6 Å². The molecule has 0 atom stereocenters. The molecule has 1 aromatic rings. The molecule has 0 bridgehead atoms. The quantitative estimate of drug-likeness (QED) is 0.826. The fraction of sp³-hybridized carbons (Fsp3) is 0.417. The number of nitrogens with one attached hydrogen (secondary N) is 1. The van der Waals surface area contributed by atoms with Crippen LogP contribution >= 0.6 is 15.9 Å². The van der Waals surface area contributed by atoms with Gasteiger partial charge in [0.1, 0.15) is 5.84 Å². The largest absolute Gasteiger partial charge is 0.330 e. The van der Waals surface area contributed by atoms with Gasteiger partial charge in [-0.3, -0.25) is 5.41 Å².